The molecule has 0 fully saturated rings. The van der Waals surface area contributed by atoms with Crippen molar-refractivity contribution in [2.75, 3.05) is 7.11 Å². The molecule has 104 valence electrons. The maximum absolute atomic E-state index is 13.0. The molecule has 0 radical (unpaired) electrons. The average molecular weight is 277 g/mol. The third kappa shape index (κ3) is 3.54. The van der Waals surface area contributed by atoms with Gasteiger partial charge in [-0.15, -0.1) is 0 Å². The molecule has 2 aromatic rings. The molecule has 1 N–H and O–H groups in total. The summed E-state index contributed by atoms with van der Waals surface area (Å²) in [5.74, 6) is -1.42. The number of ether oxygens (including phenoxy) is 1. The van der Waals surface area contributed by atoms with Crippen molar-refractivity contribution in [2.45, 2.75) is 6.54 Å². The van der Waals surface area contributed by atoms with E-state index in [1.165, 1.54) is 0 Å². The second-order valence-corrected chi connectivity index (χ2v) is 4.19. The Hall–Kier alpha value is -2.43. The van der Waals surface area contributed by atoms with Gasteiger partial charge in [-0.1, -0.05) is 12.1 Å². The molecule has 0 spiro atoms. The van der Waals surface area contributed by atoms with Crippen LogP contribution in [0.4, 0.5) is 8.78 Å². The Morgan fingerprint density at radius 2 is 1.85 bits per heavy atom. The molecule has 2 aromatic carbocycles. The van der Waals surface area contributed by atoms with Crippen molar-refractivity contribution in [3.8, 4) is 5.75 Å². The standard InChI is InChI=1S/C15H13F2NO2/c1-20-14-4-2-3-10(5-14)9-18-15(19)11-6-12(16)8-13(17)7-11/h2-8H,9H2,1H3,(H,18,19). The maximum atomic E-state index is 13.0. The summed E-state index contributed by atoms with van der Waals surface area (Å²) < 4.78 is 31.1. The summed E-state index contributed by atoms with van der Waals surface area (Å²) in [5, 5.41) is 2.59. The Bertz CT molecular complexity index is 609. The molecule has 0 bridgehead atoms. The molecule has 20 heavy (non-hydrogen) atoms. The van der Waals surface area contributed by atoms with Crippen LogP contribution >= 0.6 is 0 Å². The number of methoxy groups -OCH3 is 1. The highest BCUT2D eigenvalue weighted by molar-refractivity contribution is 5.94. The predicted molar refractivity (Wildman–Crippen MR) is 70.5 cm³/mol. The summed E-state index contributed by atoms with van der Waals surface area (Å²) in [7, 11) is 1.55. The van der Waals surface area contributed by atoms with Gasteiger partial charge in [0.25, 0.3) is 5.91 Å². The van der Waals surface area contributed by atoms with E-state index in [1.54, 1.807) is 25.3 Å². The van der Waals surface area contributed by atoms with Gasteiger partial charge in [0.05, 0.1) is 7.11 Å². The lowest BCUT2D eigenvalue weighted by Crippen LogP contribution is -2.23. The molecule has 3 nitrogen and oxygen atoms in total. The summed E-state index contributed by atoms with van der Waals surface area (Å²) >= 11 is 0. The Morgan fingerprint density at radius 3 is 2.50 bits per heavy atom. The molecule has 0 saturated heterocycles. The molecule has 0 saturated carbocycles. The summed E-state index contributed by atoms with van der Waals surface area (Å²) in [4.78, 5) is 11.8. The van der Waals surface area contributed by atoms with E-state index in [1.807, 2.05) is 6.07 Å². The lowest BCUT2D eigenvalue weighted by Gasteiger charge is -2.07. The predicted octanol–water partition coefficient (Wildman–Crippen LogP) is 2.90. The Kier molecular flexibility index (Phi) is 4.30. The number of amides is 1. The Morgan fingerprint density at radius 1 is 1.15 bits per heavy atom. The Labute approximate surface area is 115 Å². The van der Waals surface area contributed by atoms with Crippen LogP contribution in [0.3, 0.4) is 0 Å². The van der Waals surface area contributed by atoms with Crippen molar-refractivity contribution in [3.05, 3.63) is 65.2 Å². The van der Waals surface area contributed by atoms with Crippen molar-refractivity contribution in [3.63, 3.8) is 0 Å². The zero-order chi connectivity index (χ0) is 14.5. The first kappa shape index (κ1) is 14.0. The van der Waals surface area contributed by atoms with E-state index < -0.39 is 17.5 Å². The molecule has 0 unspecified atom stereocenters. The van der Waals surface area contributed by atoms with E-state index in [9.17, 15) is 13.6 Å². The smallest absolute Gasteiger partial charge is 0.251 e. The fraction of sp³-hybridized carbons (Fsp3) is 0.133. The summed E-state index contributed by atoms with van der Waals surface area (Å²) in [6.07, 6.45) is 0. The van der Waals surface area contributed by atoms with Crippen LogP contribution in [0.1, 0.15) is 15.9 Å². The number of nitrogens with one attached hydrogen (secondary N) is 1. The largest absolute Gasteiger partial charge is 0.497 e. The average Bonchev–Trinajstić information content (AvgIpc) is 2.44. The van der Waals surface area contributed by atoms with Gasteiger partial charge in [-0.25, -0.2) is 8.78 Å². The molecular weight excluding hydrogens is 264 g/mol. The van der Waals surface area contributed by atoms with Crippen LogP contribution in [0.2, 0.25) is 0 Å². The minimum Gasteiger partial charge on any atom is -0.497 e. The van der Waals surface area contributed by atoms with Gasteiger partial charge >= 0.3 is 0 Å². The highest BCUT2D eigenvalue weighted by Crippen LogP contribution is 2.13. The monoisotopic (exact) mass is 277 g/mol. The third-order valence-electron chi connectivity index (χ3n) is 2.71. The van der Waals surface area contributed by atoms with Crippen molar-refractivity contribution in [1.29, 1.82) is 0 Å². The van der Waals surface area contributed by atoms with Crippen LogP contribution in [-0.4, -0.2) is 13.0 Å². The van der Waals surface area contributed by atoms with Crippen molar-refractivity contribution in [1.82, 2.24) is 5.32 Å². The molecule has 0 heterocycles. The van der Waals surface area contributed by atoms with Gasteiger partial charge in [-0.3, -0.25) is 4.79 Å². The highest BCUT2D eigenvalue weighted by Gasteiger charge is 2.09. The van der Waals surface area contributed by atoms with Gasteiger partial charge in [0.2, 0.25) is 0 Å². The summed E-state index contributed by atoms with van der Waals surface area (Å²) in [5.41, 5.74) is 0.778. The number of rotatable bonds is 4. The van der Waals surface area contributed by atoms with Crippen LogP contribution in [0.5, 0.6) is 5.75 Å². The normalized spacial score (nSPS) is 10.2. The first-order valence-electron chi connectivity index (χ1n) is 5.95. The molecule has 0 aliphatic carbocycles. The quantitative estimate of drug-likeness (QED) is 0.933. The molecule has 0 aliphatic heterocycles. The maximum Gasteiger partial charge on any atom is 0.251 e. The fourth-order valence-electron chi connectivity index (χ4n) is 1.75. The first-order valence-corrected chi connectivity index (χ1v) is 5.95. The van der Waals surface area contributed by atoms with Crippen LogP contribution in [0.25, 0.3) is 0 Å². The fourth-order valence-corrected chi connectivity index (χ4v) is 1.75. The molecular formula is C15H13F2NO2. The highest BCUT2D eigenvalue weighted by atomic mass is 19.1. The molecule has 5 heteroatoms. The second-order valence-electron chi connectivity index (χ2n) is 4.19. The lowest BCUT2D eigenvalue weighted by molar-refractivity contribution is 0.0950. The molecule has 0 atom stereocenters. The summed E-state index contributed by atoms with van der Waals surface area (Å²) in [6, 6.07) is 9.86. The summed E-state index contributed by atoms with van der Waals surface area (Å²) in [6.45, 7) is 0.244. The van der Waals surface area contributed by atoms with E-state index in [2.05, 4.69) is 5.32 Å². The number of carbonyl (C=O) groups is 1. The minimum atomic E-state index is -0.781. The van der Waals surface area contributed by atoms with Crippen molar-refractivity contribution < 1.29 is 18.3 Å². The van der Waals surface area contributed by atoms with E-state index in [4.69, 9.17) is 4.74 Å². The minimum absolute atomic E-state index is 0.0506. The van der Waals surface area contributed by atoms with Gasteiger partial charge in [-0.05, 0) is 29.8 Å². The van der Waals surface area contributed by atoms with Gasteiger partial charge in [0.15, 0.2) is 0 Å². The van der Waals surface area contributed by atoms with Crippen molar-refractivity contribution in [2.24, 2.45) is 0 Å². The van der Waals surface area contributed by atoms with Gasteiger partial charge in [-0.2, -0.15) is 0 Å². The second kappa shape index (κ2) is 6.14. The zero-order valence-corrected chi connectivity index (χ0v) is 10.8. The van der Waals surface area contributed by atoms with Crippen LogP contribution in [-0.2, 0) is 6.54 Å². The van der Waals surface area contributed by atoms with Crippen molar-refractivity contribution >= 4 is 5.91 Å². The molecule has 0 aromatic heterocycles. The number of benzene rings is 2. The topological polar surface area (TPSA) is 38.3 Å². The lowest BCUT2D eigenvalue weighted by atomic mass is 10.1. The van der Waals surface area contributed by atoms with Crippen LogP contribution in [0, 0.1) is 11.6 Å². The van der Waals surface area contributed by atoms with E-state index in [0.717, 1.165) is 23.8 Å². The van der Waals surface area contributed by atoms with Gasteiger partial charge < -0.3 is 10.1 Å². The number of hydrogen-bond donors (Lipinski definition) is 1. The van der Waals surface area contributed by atoms with Crippen LogP contribution < -0.4 is 10.1 Å². The van der Waals surface area contributed by atoms with E-state index in [-0.39, 0.29) is 12.1 Å². The first-order chi connectivity index (χ1) is 9.58. The number of hydrogen-bond acceptors (Lipinski definition) is 2. The van der Waals surface area contributed by atoms with E-state index >= 15 is 0 Å². The van der Waals surface area contributed by atoms with Gasteiger partial charge in [0.1, 0.15) is 17.4 Å². The number of carbonyl (C=O) groups excluding carboxylic acids is 1. The number of halogens is 2. The van der Waals surface area contributed by atoms with E-state index in [0.29, 0.717) is 5.75 Å². The third-order valence-corrected chi connectivity index (χ3v) is 2.71. The SMILES string of the molecule is COc1cccc(CNC(=O)c2cc(F)cc(F)c2)c1. The van der Waals surface area contributed by atoms with Crippen LogP contribution in [0.15, 0.2) is 42.5 Å². The Balaban J connectivity index is 2.04. The van der Waals surface area contributed by atoms with Gasteiger partial charge in [0, 0.05) is 18.2 Å². The zero-order valence-electron chi connectivity index (χ0n) is 10.8. The molecule has 0 aliphatic rings. The molecule has 1 amide bonds. The molecule has 2 rings (SSSR count).